The maximum Gasteiger partial charge on any atom is 0.335 e. The number of hydrogen-bond acceptors (Lipinski definition) is 4. The van der Waals surface area contributed by atoms with Crippen molar-refractivity contribution in [2.45, 2.75) is 0 Å². The molecule has 0 radical (unpaired) electrons. The monoisotopic (exact) mass is 300 g/mol. The molecule has 19 heavy (non-hydrogen) atoms. The predicted octanol–water partition coefficient (Wildman–Crippen LogP) is 2.44. The second-order valence-electron chi connectivity index (χ2n) is 3.80. The third kappa shape index (κ3) is 3.36. The molecule has 0 aliphatic carbocycles. The first-order valence-corrected chi connectivity index (χ1v) is 7.66. The highest BCUT2D eigenvalue weighted by molar-refractivity contribution is 8.13. The number of rotatable bonds is 4. The molecule has 0 saturated carbocycles. The Morgan fingerprint density at radius 2 is 1.95 bits per heavy atom. The van der Waals surface area contributed by atoms with Crippen LogP contribution in [0.3, 0.4) is 0 Å². The first kappa shape index (κ1) is 13.6. The van der Waals surface area contributed by atoms with Gasteiger partial charge in [0.05, 0.1) is 5.56 Å². The zero-order chi connectivity index (χ0) is 14.0. The number of carboxylic acids is 1. The van der Waals surface area contributed by atoms with Gasteiger partial charge in [0, 0.05) is 16.1 Å². The highest BCUT2D eigenvalue weighted by atomic mass is 35.7. The van der Waals surface area contributed by atoms with E-state index in [1.165, 1.54) is 12.1 Å². The molecule has 2 aromatic rings. The van der Waals surface area contributed by atoms with Gasteiger partial charge in [-0.05, 0) is 17.5 Å². The quantitative estimate of drug-likeness (QED) is 0.877. The van der Waals surface area contributed by atoms with Crippen molar-refractivity contribution >= 4 is 36.5 Å². The van der Waals surface area contributed by atoms with E-state index in [1.807, 2.05) is 0 Å². The summed E-state index contributed by atoms with van der Waals surface area (Å²) in [6.45, 7) is 0. The van der Waals surface area contributed by atoms with Crippen LogP contribution in [0, 0.1) is 0 Å². The molecule has 0 spiro atoms. The van der Waals surface area contributed by atoms with E-state index in [1.54, 1.807) is 24.3 Å². The van der Waals surface area contributed by atoms with Crippen molar-refractivity contribution in [1.82, 2.24) is 0 Å². The Morgan fingerprint density at radius 3 is 2.58 bits per heavy atom. The maximum atomic E-state index is 11.0. The van der Waals surface area contributed by atoms with E-state index < -0.39 is 21.0 Å². The highest BCUT2D eigenvalue weighted by Crippen LogP contribution is 2.28. The lowest BCUT2D eigenvalue weighted by molar-refractivity contribution is 0.0696. The summed E-state index contributed by atoms with van der Waals surface area (Å²) in [5.41, 5.74) is 0.0145. The fourth-order valence-electron chi connectivity index (χ4n) is 1.65. The second kappa shape index (κ2) is 5.07. The Morgan fingerprint density at radius 1 is 1.26 bits per heavy atom. The van der Waals surface area contributed by atoms with E-state index in [2.05, 4.69) is 0 Å². The number of carboxylic acid groups (broad SMARTS) is 1. The van der Waals surface area contributed by atoms with Crippen LogP contribution in [0.25, 0.3) is 10.8 Å². The average Bonchev–Trinajstić information content (AvgIpc) is 2.34. The van der Waals surface area contributed by atoms with E-state index in [4.69, 9.17) is 20.5 Å². The molecule has 2 aromatic carbocycles. The molecular formula is C12H9ClO5S. The Kier molecular flexibility index (Phi) is 3.64. The van der Waals surface area contributed by atoms with Gasteiger partial charge in [-0.2, -0.15) is 0 Å². The van der Waals surface area contributed by atoms with Gasteiger partial charge in [0.15, 0.2) is 0 Å². The summed E-state index contributed by atoms with van der Waals surface area (Å²) in [6.07, 6.45) is 0. The van der Waals surface area contributed by atoms with E-state index >= 15 is 0 Å². The molecule has 7 heteroatoms. The van der Waals surface area contributed by atoms with E-state index in [0.29, 0.717) is 10.8 Å². The minimum atomic E-state index is -3.82. The van der Waals surface area contributed by atoms with Crippen LogP contribution in [0.5, 0.6) is 5.75 Å². The van der Waals surface area contributed by atoms with Crippen LogP contribution in [0.2, 0.25) is 0 Å². The number of aromatic carboxylic acids is 1. The molecule has 0 aromatic heterocycles. The van der Waals surface area contributed by atoms with Gasteiger partial charge in [-0.15, -0.1) is 0 Å². The molecule has 0 heterocycles. The molecule has 0 aliphatic rings. The minimum Gasteiger partial charge on any atom is -0.478 e. The number of halogens is 1. The van der Waals surface area contributed by atoms with Gasteiger partial charge in [0.25, 0.3) is 9.05 Å². The van der Waals surface area contributed by atoms with Crippen molar-refractivity contribution in [3.8, 4) is 5.75 Å². The van der Waals surface area contributed by atoms with Crippen molar-refractivity contribution < 1.29 is 23.1 Å². The minimum absolute atomic E-state index is 0.0145. The number of ether oxygens (including phenoxy) is 1. The van der Waals surface area contributed by atoms with Gasteiger partial charge in [-0.3, -0.25) is 0 Å². The third-order valence-corrected chi connectivity index (χ3v) is 3.09. The molecule has 0 atom stereocenters. The largest absolute Gasteiger partial charge is 0.478 e. The van der Waals surface area contributed by atoms with Gasteiger partial charge < -0.3 is 9.84 Å². The van der Waals surface area contributed by atoms with Crippen molar-refractivity contribution in [2.75, 3.05) is 5.94 Å². The fourth-order valence-corrected chi connectivity index (χ4v) is 2.05. The molecule has 0 amide bonds. The summed E-state index contributed by atoms with van der Waals surface area (Å²) in [6, 6.07) is 9.66. The zero-order valence-corrected chi connectivity index (χ0v) is 11.1. The van der Waals surface area contributed by atoms with Gasteiger partial charge in [0.1, 0.15) is 5.75 Å². The first-order chi connectivity index (χ1) is 8.87. The molecule has 0 unspecified atom stereocenters. The van der Waals surface area contributed by atoms with E-state index in [-0.39, 0.29) is 11.3 Å². The van der Waals surface area contributed by atoms with E-state index in [0.717, 1.165) is 0 Å². The van der Waals surface area contributed by atoms with Crippen LogP contribution in [0.4, 0.5) is 0 Å². The van der Waals surface area contributed by atoms with Gasteiger partial charge in [0.2, 0.25) is 5.94 Å². The fraction of sp³-hybridized carbons (Fsp3) is 0.0833. The lowest BCUT2D eigenvalue weighted by Crippen LogP contribution is -2.06. The highest BCUT2D eigenvalue weighted by Gasteiger charge is 2.12. The van der Waals surface area contributed by atoms with Crippen LogP contribution in [-0.2, 0) is 9.05 Å². The Bertz CT molecular complexity index is 739. The molecule has 0 fully saturated rings. The molecular weight excluding hydrogens is 292 g/mol. The maximum absolute atomic E-state index is 11.0. The standard InChI is InChI=1S/C12H9ClO5S/c13-19(16,17)7-18-11-6-9(12(14)15)5-8-3-1-2-4-10(8)11/h1-6H,7H2,(H,14,15). The van der Waals surface area contributed by atoms with Crippen molar-refractivity contribution in [3.63, 3.8) is 0 Å². The van der Waals surface area contributed by atoms with E-state index in [9.17, 15) is 13.2 Å². The summed E-state index contributed by atoms with van der Waals surface area (Å²) in [5, 5.41) is 10.3. The van der Waals surface area contributed by atoms with Crippen molar-refractivity contribution in [1.29, 1.82) is 0 Å². The smallest absolute Gasteiger partial charge is 0.335 e. The molecule has 100 valence electrons. The lowest BCUT2D eigenvalue weighted by Gasteiger charge is -2.09. The SMILES string of the molecule is O=C(O)c1cc(OCS(=O)(=O)Cl)c2ccccc2c1. The van der Waals surface area contributed by atoms with Crippen LogP contribution in [0.1, 0.15) is 10.4 Å². The average molecular weight is 301 g/mol. The lowest BCUT2D eigenvalue weighted by atomic mass is 10.1. The van der Waals surface area contributed by atoms with Crippen molar-refractivity contribution in [2.24, 2.45) is 0 Å². The Labute approximate surface area is 113 Å². The Hall–Kier alpha value is -1.79. The number of fused-ring (bicyclic) bond motifs is 1. The first-order valence-electron chi connectivity index (χ1n) is 5.18. The molecule has 2 rings (SSSR count). The predicted molar refractivity (Wildman–Crippen MR) is 71.2 cm³/mol. The summed E-state index contributed by atoms with van der Waals surface area (Å²) in [7, 11) is 1.25. The van der Waals surface area contributed by atoms with Crippen LogP contribution < -0.4 is 4.74 Å². The van der Waals surface area contributed by atoms with Crippen molar-refractivity contribution in [3.05, 3.63) is 42.0 Å². The summed E-state index contributed by atoms with van der Waals surface area (Å²) in [4.78, 5) is 11.0. The summed E-state index contributed by atoms with van der Waals surface area (Å²) in [5.74, 6) is -1.68. The van der Waals surface area contributed by atoms with Gasteiger partial charge in [-0.25, -0.2) is 13.2 Å². The number of benzene rings is 2. The Balaban J connectivity index is 2.53. The molecule has 0 bridgehead atoms. The molecule has 5 nitrogen and oxygen atoms in total. The summed E-state index contributed by atoms with van der Waals surface area (Å²) >= 11 is 0. The second-order valence-corrected chi connectivity index (χ2v) is 6.53. The third-order valence-electron chi connectivity index (χ3n) is 2.43. The normalized spacial score (nSPS) is 11.4. The number of carbonyl (C=O) groups is 1. The van der Waals surface area contributed by atoms with Crippen LogP contribution in [-0.4, -0.2) is 25.4 Å². The number of hydrogen-bond donors (Lipinski definition) is 1. The van der Waals surface area contributed by atoms with Gasteiger partial charge >= 0.3 is 5.97 Å². The van der Waals surface area contributed by atoms with Crippen LogP contribution >= 0.6 is 10.7 Å². The van der Waals surface area contributed by atoms with Gasteiger partial charge in [-0.1, -0.05) is 24.3 Å². The molecule has 0 saturated heterocycles. The molecule has 1 N–H and O–H groups in total. The van der Waals surface area contributed by atoms with Crippen LogP contribution in [0.15, 0.2) is 36.4 Å². The topological polar surface area (TPSA) is 80.7 Å². The summed E-state index contributed by atoms with van der Waals surface area (Å²) < 4.78 is 26.9. The molecule has 0 aliphatic heterocycles. The zero-order valence-electron chi connectivity index (χ0n) is 9.54.